The van der Waals surface area contributed by atoms with E-state index in [4.69, 9.17) is 11.6 Å². The molecule has 0 aromatic heterocycles. The Bertz CT molecular complexity index is 486. The molecule has 2 atom stereocenters. The van der Waals surface area contributed by atoms with Crippen LogP contribution in [0.4, 0.5) is 0 Å². The summed E-state index contributed by atoms with van der Waals surface area (Å²) >= 11 is 5.77. The van der Waals surface area contributed by atoms with Crippen LogP contribution >= 0.6 is 11.6 Å². The van der Waals surface area contributed by atoms with Gasteiger partial charge >= 0.3 is 0 Å². The van der Waals surface area contributed by atoms with Crippen molar-refractivity contribution in [2.75, 3.05) is 11.5 Å². The second-order valence-corrected chi connectivity index (χ2v) is 6.88. The van der Waals surface area contributed by atoms with Gasteiger partial charge in [-0.25, -0.2) is 8.42 Å². The molecule has 0 amide bonds. The van der Waals surface area contributed by atoms with Gasteiger partial charge in [-0.3, -0.25) is 5.32 Å². The zero-order valence-electron chi connectivity index (χ0n) is 9.14. The van der Waals surface area contributed by atoms with Gasteiger partial charge in [0.25, 0.3) is 0 Å². The van der Waals surface area contributed by atoms with Crippen molar-refractivity contribution in [1.82, 2.24) is 5.32 Å². The van der Waals surface area contributed by atoms with Gasteiger partial charge in [-0.2, -0.15) is 0 Å². The fraction of sp³-hybridized carbons (Fsp3) is 0.455. The van der Waals surface area contributed by atoms with Crippen LogP contribution in [0.15, 0.2) is 24.3 Å². The highest BCUT2D eigenvalue weighted by molar-refractivity contribution is 7.91. The van der Waals surface area contributed by atoms with E-state index in [9.17, 15) is 13.5 Å². The minimum absolute atomic E-state index is 0.0622. The number of rotatable bonds is 2. The molecule has 0 bridgehead atoms. The Kier molecular flexibility index (Phi) is 3.73. The number of aliphatic hydroxyl groups is 1. The van der Waals surface area contributed by atoms with Crippen LogP contribution in [0.2, 0.25) is 5.02 Å². The maximum Gasteiger partial charge on any atom is 0.155 e. The normalized spacial score (nSPS) is 27.9. The van der Waals surface area contributed by atoms with E-state index in [0.29, 0.717) is 11.4 Å². The quantitative estimate of drug-likeness (QED) is 0.829. The monoisotopic (exact) mass is 275 g/mol. The van der Waals surface area contributed by atoms with Gasteiger partial charge < -0.3 is 5.11 Å². The molecule has 2 N–H and O–H groups in total. The molecule has 0 saturated carbocycles. The highest BCUT2D eigenvalue weighted by Gasteiger charge is 2.29. The van der Waals surface area contributed by atoms with Crippen molar-refractivity contribution in [3.05, 3.63) is 34.9 Å². The molecular formula is C11H14ClNO3S. The van der Waals surface area contributed by atoms with Gasteiger partial charge in [-0.1, -0.05) is 23.7 Å². The molecule has 2 rings (SSSR count). The number of benzene rings is 1. The second kappa shape index (κ2) is 4.94. The summed E-state index contributed by atoms with van der Waals surface area (Å²) in [6.07, 6.45) is -0.404. The van der Waals surface area contributed by atoms with Crippen LogP contribution in [-0.4, -0.2) is 37.3 Å². The lowest BCUT2D eigenvalue weighted by molar-refractivity contribution is 0.140. The number of sulfone groups is 1. The van der Waals surface area contributed by atoms with Gasteiger partial charge in [0.1, 0.15) is 6.23 Å². The molecule has 2 unspecified atom stereocenters. The first-order chi connectivity index (χ1) is 7.94. The highest BCUT2D eigenvalue weighted by Crippen LogP contribution is 2.14. The van der Waals surface area contributed by atoms with Crippen LogP contribution in [0.3, 0.4) is 0 Å². The summed E-state index contributed by atoms with van der Waals surface area (Å²) in [7, 11) is -3.15. The molecule has 17 heavy (non-hydrogen) atoms. The third-order valence-corrected chi connectivity index (χ3v) is 4.68. The fourth-order valence-electron chi connectivity index (χ4n) is 2.01. The van der Waals surface area contributed by atoms with Gasteiger partial charge in [0.05, 0.1) is 11.5 Å². The standard InChI is InChI=1S/C11H14ClNO3S/c12-9-3-1-8(2-4-9)5-10-6-17(15,16)7-11(14)13-10/h1-4,10-11,13-14H,5-7H2. The molecule has 0 radical (unpaired) electrons. The summed E-state index contributed by atoms with van der Waals surface area (Å²) in [6, 6.07) is 7.01. The average Bonchev–Trinajstić information content (AvgIpc) is 2.18. The molecule has 0 aliphatic carbocycles. The van der Waals surface area contributed by atoms with Gasteiger partial charge in [0.2, 0.25) is 0 Å². The lowest BCUT2D eigenvalue weighted by Gasteiger charge is -2.27. The van der Waals surface area contributed by atoms with Crippen LogP contribution in [0.5, 0.6) is 0 Å². The van der Waals surface area contributed by atoms with Crippen LogP contribution in [0.25, 0.3) is 0 Å². The van der Waals surface area contributed by atoms with Crippen molar-refractivity contribution >= 4 is 21.4 Å². The molecule has 6 heteroatoms. The molecule has 1 aliphatic rings. The Morgan fingerprint density at radius 2 is 1.94 bits per heavy atom. The van der Waals surface area contributed by atoms with Gasteiger partial charge in [0.15, 0.2) is 9.84 Å². The average molecular weight is 276 g/mol. The van der Waals surface area contributed by atoms with Crippen molar-refractivity contribution < 1.29 is 13.5 Å². The van der Waals surface area contributed by atoms with Crippen molar-refractivity contribution in [2.24, 2.45) is 0 Å². The lowest BCUT2D eigenvalue weighted by atomic mass is 10.1. The third kappa shape index (κ3) is 3.67. The Morgan fingerprint density at radius 1 is 1.29 bits per heavy atom. The molecular weight excluding hydrogens is 262 g/mol. The molecule has 1 aromatic carbocycles. The predicted octanol–water partition coefficient (Wildman–Crippen LogP) is 0.587. The van der Waals surface area contributed by atoms with Gasteiger partial charge in [0, 0.05) is 11.1 Å². The number of nitrogens with one attached hydrogen (secondary N) is 1. The van der Waals surface area contributed by atoms with Crippen LogP contribution < -0.4 is 5.32 Å². The summed E-state index contributed by atoms with van der Waals surface area (Å²) in [4.78, 5) is 0. The van der Waals surface area contributed by atoms with Crippen molar-refractivity contribution in [1.29, 1.82) is 0 Å². The van der Waals surface area contributed by atoms with E-state index in [-0.39, 0.29) is 17.5 Å². The van der Waals surface area contributed by atoms with Gasteiger partial charge in [-0.05, 0) is 24.1 Å². The first kappa shape index (κ1) is 12.8. The number of aliphatic hydroxyl groups excluding tert-OH is 1. The van der Waals surface area contributed by atoms with E-state index in [1.807, 2.05) is 12.1 Å². The van der Waals surface area contributed by atoms with Crippen molar-refractivity contribution in [3.8, 4) is 0 Å². The topological polar surface area (TPSA) is 66.4 Å². The molecule has 1 fully saturated rings. The number of halogens is 1. The fourth-order valence-corrected chi connectivity index (χ4v) is 3.67. The Labute approximate surface area is 106 Å². The summed E-state index contributed by atoms with van der Waals surface area (Å²) in [5.74, 6) is -0.142. The zero-order valence-corrected chi connectivity index (χ0v) is 10.7. The van der Waals surface area contributed by atoms with E-state index < -0.39 is 16.1 Å². The van der Waals surface area contributed by atoms with Crippen molar-refractivity contribution in [3.63, 3.8) is 0 Å². The van der Waals surface area contributed by atoms with E-state index in [1.165, 1.54) is 0 Å². The SMILES string of the molecule is O=S1(=O)CC(O)NC(Cc2ccc(Cl)cc2)C1. The highest BCUT2D eigenvalue weighted by atomic mass is 35.5. The second-order valence-electron chi connectivity index (χ2n) is 4.29. The van der Waals surface area contributed by atoms with E-state index in [0.717, 1.165) is 5.56 Å². The Morgan fingerprint density at radius 3 is 2.53 bits per heavy atom. The number of hydrogen-bond donors (Lipinski definition) is 2. The van der Waals surface area contributed by atoms with E-state index in [2.05, 4.69) is 5.32 Å². The summed E-state index contributed by atoms with van der Waals surface area (Å²) in [5.41, 5.74) is 0.996. The molecule has 1 heterocycles. The molecule has 94 valence electrons. The maximum absolute atomic E-state index is 11.5. The molecule has 1 saturated heterocycles. The minimum atomic E-state index is -3.15. The summed E-state index contributed by atoms with van der Waals surface area (Å²) < 4.78 is 23.0. The zero-order chi connectivity index (χ0) is 12.5. The van der Waals surface area contributed by atoms with Crippen LogP contribution in [-0.2, 0) is 16.3 Å². The summed E-state index contributed by atoms with van der Waals surface area (Å²) in [5, 5.41) is 13.0. The number of hydrogen-bond acceptors (Lipinski definition) is 4. The third-order valence-electron chi connectivity index (χ3n) is 2.69. The molecule has 4 nitrogen and oxygen atoms in total. The van der Waals surface area contributed by atoms with Crippen molar-refractivity contribution in [2.45, 2.75) is 18.7 Å². The van der Waals surface area contributed by atoms with E-state index >= 15 is 0 Å². The first-order valence-corrected chi connectivity index (χ1v) is 7.53. The smallest absolute Gasteiger partial charge is 0.155 e. The minimum Gasteiger partial charge on any atom is -0.378 e. The first-order valence-electron chi connectivity index (χ1n) is 5.33. The molecule has 0 spiro atoms. The lowest BCUT2D eigenvalue weighted by Crippen LogP contribution is -2.52. The van der Waals surface area contributed by atoms with E-state index in [1.54, 1.807) is 12.1 Å². The molecule has 1 aliphatic heterocycles. The largest absolute Gasteiger partial charge is 0.378 e. The van der Waals surface area contributed by atoms with Crippen LogP contribution in [0.1, 0.15) is 5.56 Å². The Hall–Kier alpha value is -0.620. The van der Waals surface area contributed by atoms with Crippen LogP contribution in [0, 0.1) is 0 Å². The summed E-state index contributed by atoms with van der Waals surface area (Å²) in [6.45, 7) is 0. The van der Waals surface area contributed by atoms with Gasteiger partial charge in [-0.15, -0.1) is 0 Å². The maximum atomic E-state index is 11.5. The molecule has 1 aromatic rings. The predicted molar refractivity (Wildman–Crippen MR) is 66.7 cm³/mol. The Balaban J connectivity index is 2.06.